The van der Waals surface area contributed by atoms with E-state index in [2.05, 4.69) is 6.58 Å². The number of rotatable bonds is 2. The van der Waals surface area contributed by atoms with E-state index in [1.165, 1.54) is 7.11 Å². The van der Waals surface area contributed by atoms with E-state index in [4.69, 9.17) is 27.9 Å². The van der Waals surface area contributed by atoms with Gasteiger partial charge in [0.15, 0.2) is 5.78 Å². The number of methoxy groups -OCH3 is 1. The minimum absolute atomic E-state index is 0.225. The molecule has 1 fully saturated rings. The van der Waals surface area contributed by atoms with E-state index in [-0.39, 0.29) is 12.2 Å². The lowest BCUT2D eigenvalue weighted by Crippen LogP contribution is -2.43. The van der Waals surface area contributed by atoms with Crippen LogP contribution in [0.5, 0.6) is 0 Å². The predicted octanol–water partition coefficient (Wildman–Crippen LogP) is 4.53. The Hall–Kier alpha value is -1.84. The van der Waals surface area contributed by atoms with E-state index in [1.807, 2.05) is 6.08 Å². The van der Waals surface area contributed by atoms with E-state index in [0.717, 1.165) is 0 Å². The molecule has 2 aliphatic carbocycles. The van der Waals surface area contributed by atoms with Crippen LogP contribution in [0.1, 0.15) is 24.8 Å². The fraction of sp³-hybridized carbons (Fsp3) is 0.300. The molecule has 1 saturated carbocycles. The number of hydrogen-bond donors (Lipinski definition) is 0. The molecular formula is C20H18Cl2O3. The monoisotopic (exact) mass is 376 g/mol. The zero-order valence-electron chi connectivity index (χ0n) is 13.9. The Labute approximate surface area is 157 Å². The van der Waals surface area contributed by atoms with Crippen molar-refractivity contribution in [3.63, 3.8) is 0 Å². The first kappa shape index (κ1) is 18.0. The fourth-order valence-corrected chi connectivity index (χ4v) is 4.44. The number of alkyl halides is 1. The van der Waals surface area contributed by atoms with Crippen LogP contribution in [-0.4, -0.2) is 23.7 Å². The molecule has 0 saturated heterocycles. The fourth-order valence-electron chi connectivity index (χ4n) is 3.76. The molecule has 3 nitrogen and oxygen atoms in total. The molecule has 0 unspecified atom stereocenters. The highest BCUT2D eigenvalue weighted by Gasteiger charge is 2.55. The minimum atomic E-state index is -1.35. The average Bonchev–Trinajstić information content (AvgIpc) is 2.77. The summed E-state index contributed by atoms with van der Waals surface area (Å²) in [6.07, 6.45) is 6.17. The average molecular weight is 377 g/mol. The summed E-state index contributed by atoms with van der Waals surface area (Å²) in [4.78, 5) is 25.2. The van der Waals surface area contributed by atoms with Crippen molar-refractivity contribution in [1.82, 2.24) is 0 Å². The number of allylic oxidation sites excluding steroid dienone is 4. The molecule has 0 amide bonds. The Bertz CT molecular complexity index is 824. The van der Waals surface area contributed by atoms with Crippen LogP contribution in [0.3, 0.4) is 0 Å². The van der Waals surface area contributed by atoms with Crippen molar-refractivity contribution in [3.8, 4) is 0 Å². The molecule has 0 N–H and O–H groups in total. The van der Waals surface area contributed by atoms with Gasteiger partial charge in [0.1, 0.15) is 10.3 Å². The van der Waals surface area contributed by atoms with Gasteiger partial charge in [0, 0.05) is 10.6 Å². The van der Waals surface area contributed by atoms with E-state index < -0.39 is 16.3 Å². The van der Waals surface area contributed by atoms with Crippen LogP contribution >= 0.6 is 23.2 Å². The molecule has 0 heterocycles. The van der Waals surface area contributed by atoms with Crippen molar-refractivity contribution in [3.05, 3.63) is 70.8 Å². The summed E-state index contributed by atoms with van der Waals surface area (Å²) in [5, 5.41) is 0.393. The molecule has 130 valence electrons. The first-order valence-electron chi connectivity index (χ1n) is 7.96. The maximum atomic E-state index is 13.3. The number of esters is 1. The highest BCUT2D eigenvalue weighted by Crippen LogP contribution is 2.50. The Morgan fingerprint density at radius 2 is 2.00 bits per heavy atom. The van der Waals surface area contributed by atoms with Gasteiger partial charge in [-0.1, -0.05) is 60.2 Å². The van der Waals surface area contributed by atoms with Crippen molar-refractivity contribution >= 4 is 35.0 Å². The second-order valence-corrected chi connectivity index (χ2v) is 7.62. The minimum Gasteiger partial charge on any atom is -0.468 e. The summed E-state index contributed by atoms with van der Waals surface area (Å²) in [5.41, 5.74) is 0.190. The van der Waals surface area contributed by atoms with Gasteiger partial charge in [-0.3, -0.25) is 9.59 Å². The van der Waals surface area contributed by atoms with E-state index in [9.17, 15) is 9.59 Å². The summed E-state index contributed by atoms with van der Waals surface area (Å²) >= 11 is 13.1. The molecule has 5 heteroatoms. The lowest BCUT2D eigenvalue weighted by molar-refractivity contribution is -0.146. The third-order valence-electron chi connectivity index (χ3n) is 4.86. The Balaban J connectivity index is 2.37. The SMILES string of the molecule is C=C1C[C@@]2(Cl)CC=CC=C(C2=O)[C@@](C(=O)OC)(c2ccccc2Cl)C1. The zero-order valence-corrected chi connectivity index (χ0v) is 15.4. The van der Waals surface area contributed by atoms with Crippen LogP contribution in [0.2, 0.25) is 5.02 Å². The second-order valence-electron chi connectivity index (χ2n) is 6.49. The summed E-state index contributed by atoms with van der Waals surface area (Å²) in [6, 6.07) is 7.00. The quantitative estimate of drug-likeness (QED) is 0.432. The molecule has 3 rings (SSSR count). The smallest absolute Gasteiger partial charge is 0.321 e. The number of carbonyl (C=O) groups is 2. The number of fused-ring (bicyclic) bond motifs is 2. The van der Waals surface area contributed by atoms with Crippen LogP contribution in [0.15, 0.2) is 60.2 Å². The van der Waals surface area contributed by atoms with Gasteiger partial charge in [-0.05, 0) is 30.9 Å². The van der Waals surface area contributed by atoms with Gasteiger partial charge < -0.3 is 4.74 Å². The molecule has 25 heavy (non-hydrogen) atoms. The van der Waals surface area contributed by atoms with E-state index in [0.29, 0.717) is 34.6 Å². The normalized spacial score (nSPS) is 28.8. The second kappa shape index (κ2) is 6.47. The summed E-state index contributed by atoms with van der Waals surface area (Å²) < 4.78 is 5.12. The lowest BCUT2D eigenvalue weighted by Gasteiger charge is -2.33. The molecule has 2 aliphatic rings. The Morgan fingerprint density at radius 1 is 1.28 bits per heavy atom. The highest BCUT2D eigenvalue weighted by atomic mass is 35.5. The standard InChI is InChI=1S/C20H18Cl2O3/c1-13-11-19(22)10-6-5-8-15(17(19)23)20(12-13,18(24)25-2)14-7-3-4-9-16(14)21/h3-9H,1,10-12H2,2H3/t19-,20-/m0/s1. The molecule has 0 spiro atoms. The van der Waals surface area contributed by atoms with Gasteiger partial charge in [-0.25, -0.2) is 0 Å². The van der Waals surface area contributed by atoms with Crippen molar-refractivity contribution in [2.24, 2.45) is 0 Å². The number of Topliss-reactive ketones (excluding diaryl/α,β-unsaturated/α-hetero) is 1. The molecule has 0 radical (unpaired) electrons. The maximum absolute atomic E-state index is 13.3. The van der Waals surface area contributed by atoms with Gasteiger partial charge in [0.05, 0.1) is 7.11 Å². The van der Waals surface area contributed by atoms with Gasteiger partial charge in [0.25, 0.3) is 0 Å². The molecule has 0 aromatic heterocycles. The van der Waals surface area contributed by atoms with Crippen molar-refractivity contribution in [2.75, 3.05) is 7.11 Å². The van der Waals surface area contributed by atoms with Crippen LogP contribution in [0, 0.1) is 0 Å². The van der Waals surface area contributed by atoms with Crippen molar-refractivity contribution in [2.45, 2.75) is 29.6 Å². The van der Waals surface area contributed by atoms with Crippen LogP contribution in [0.25, 0.3) is 0 Å². The number of halogens is 2. The molecule has 0 aliphatic heterocycles. The summed E-state index contributed by atoms with van der Waals surface area (Å²) in [5.74, 6) is -0.819. The third kappa shape index (κ3) is 2.76. The van der Waals surface area contributed by atoms with Gasteiger partial charge in [-0.2, -0.15) is 0 Å². The van der Waals surface area contributed by atoms with E-state index >= 15 is 0 Å². The predicted molar refractivity (Wildman–Crippen MR) is 99.0 cm³/mol. The van der Waals surface area contributed by atoms with Gasteiger partial charge >= 0.3 is 5.97 Å². The highest BCUT2D eigenvalue weighted by molar-refractivity contribution is 6.39. The first-order valence-corrected chi connectivity index (χ1v) is 8.72. The topological polar surface area (TPSA) is 43.4 Å². The molecule has 2 bridgehead atoms. The summed E-state index contributed by atoms with van der Waals surface area (Å²) in [7, 11) is 1.31. The zero-order chi connectivity index (χ0) is 18.2. The Morgan fingerprint density at radius 3 is 2.68 bits per heavy atom. The number of carbonyl (C=O) groups excluding carboxylic acids is 2. The molecular weight excluding hydrogens is 359 g/mol. The van der Waals surface area contributed by atoms with Crippen molar-refractivity contribution < 1.29 is 14.3 Å². The Kier molecular flexibility index (Phi) is 4.65. The van der Waals surface area contributed by atoms with E-state index in [1.54, 1.807) is 36.4 Å². The first-order chi connectivity index (χ1) is 11.8. The maximum Gasteiger partial charge on any atom is 0.321 e. The largest absolute Gasteiger partial charge is 0.468 e. The van der Waals surface area contributed by atoms with Crippen LogP contribution < -0.4 is 0 Å². The molecule has 1 aromatic carbocycles. The number of ether oxygens (including phenoxy) is 1. The van der Waals surface area contributed by atoms with Gasteiger partial charge in [0.2, 0.25) is 0 Å². The molecule has 2 atom stereocenters. The van der Waals surface area contributed by atoms with Crippen LogP contribution in [-0.2, 0) is 19.7 Å². The third-order valence-corrected chi connectivity index (χ3v) is 5.65. The number of benzene rings is 1. The number of hydrogen-bond acceptors (Lipinski definition) is 3. The van der Waals surface area contributed by atoms with Crippen LogP contribution in [0.4, 0.5) is 0 Å². The molecule has 1 aromatic rings. The summed E-state index contributed by atoms with van der Waals surface area (Å²) in [6.45, 7) is 4.07. The van der Waals surface area contributed by atoms with Crippen molar-refractivity contribution in [1.29, 1.82) is 0 Å². The number of ketones is 1. The lowest BCUT2D eigenvalue weighted by atomic mass is 9.69. The van der Waals surface area contributed by atoms with Gasteiger partial charge in [-0.15, -0.1) is 11.6 Å².